The number of nitrogens with one attached hydrogen (secondary N) is 1. The summed E-state index contributed by atoms with van der Waals surface area (Å²) in [7, 11) is 3.56. The third-order valence-electron chi connectivity index (χ3n) is 1.28. The molecule has 0 bridgehead atoms. The zero-order valence-corrected chi connectivity index (χ0v) is 7.44. The van der Waals surface area contributed by atoms with Crippen LogP contribution in [-0.4, -0.2) is 14.2 Å². The molecule has 0 amide bonds. The fraction of sp³-hybridized carbons (Fsp3) is 0.250. The minimum atomic E-state index is 0.909. The van der Waals surface area contributed by atoms with Crippen LogP contribution in [0.1, 0.15) is 0 Å². The molecular weight excluding hydrogens is 158 g/mol. The maximum atomic E-state index is 5.14. The van der Waals surface area contributed by atoms with Crippen LogP contribution in [0.2, 0.25) is 0 Å². The van der Waals surface area contributed by atoms with E-state index in [9.17, 15) is 0 Å². The fourth-order valence-electron chi connectivity index (χ4n) is 0.813. The molecule has 0 aliphatic rings. The molecule has 0 saturated heterocycles. The minimum absolute atomic E-state index is 0.909. The molecule has 0 aliphatic carbocycles. The number of methoxy groups -OCH3 is 1. The van der Waals surface area contributed by atoms with Crippen molar-refractivity contribution < 1.29 is 4.74 Å². The van der Waals surface area contributed by atoms with Gasteiger partial charge in [-0.15, -0.1) is 0 Å². The molecule has 1 aromatic carbocycles. The molecule has 0 radical (unpaired) electrons. The molecule has 2 nitrogen and oxygen atoms in total. The van der Waals surface area contributed by atoms with Crippen molar-refractivity contribution in [3.63, 3.8) is 0 Å². The second-order valence-electron chi connectivity index (χ2n) is 1.96. The van der Waals surface area contributed by atoms with E-state index in [0.717, 1.165) is 10.6 Å². The number of rotatable bonds is 3. The highest BCUT2D eigenvalue weighted by molar-refractivity contribution is 7.97. The smallest absolute Gasteiger partial charge is 0.133 e. The van der Waals surface area contributed by atoms with Crippen LogP contribution in [-0.2, 0) is 0 Å². The van der Waals surface area contributed by atoms with Gasteiger partial charge in [0.15, 0.2) is 0 Å². The van der Waals surface area contributed by atoms with Gasteiger partial charge >= 0.3 is 0 Å². The van der Waals surface area contributed by atoms with Crippen molar-refractivity contribution in [2.24, 2.45) is 0 Å². The first-order chi connectivity index (χ1) is 5.38. The quantitative estimate of drug-likeness (QED) is 0.698. The second-order valence-corrected chi connectivity index (χ2v) is 3.01. The highest BCUT2D eigenvalue weighted by atomic mass is 32.2. The number of ether oxygens (including phenoxy) is 1. The molecule has 0 spiro atoms. The molecular formula is C8H11NOS. The Hall–Kier alpha value is -0.670. The summed E-state index contributed by atoms with van der Waals surface area (Å²) in [4.78, 5) is 1.11. The van der Waals surface area contributed by atoms with E-state index < -0.39 is 0 Å². The summed E-state index contributed by atoms with van der Waals surface area (Å²) in [5.74, 6) is 0.909. The van der Waals surface area contributed by atoms with Crippen LogP contribution in [0.15, 0.2) is 29.2 Å². The first-order valence-electron chi connectivity index (χ1n) is 3.35. The molecule has 0 aliphatic heterocycles. The van der Waals surface area contributed by atoms with Crippen molar-refractivity contribution >= 4 is 11.9 Å². The third kappa shape index (κ3) is 2.13. The molecule has 0 atom stereocenters. The summed E-state index contributed by atoms with van der Waals surface area (Å²) in [6, 6.07) is 7.90. The molecule has 60 valence electrons. The van der Waals surface area contributed by atoms with Gasteiger partial charge in [-0.2, -0.15) is 0 Å². The molecule has 1 N–H and O–H groups in total. The van der Waals surface area contributed by atoms with Crippen LogP contribution in [0.4, 0.5) is 0 Å². The minimum Gasteiger partial charge on any atom is -0.496 e. The first kappa shape index (κ1) is 8.43. The van der Waals surface area contributed by atoms with E-state index in [1.807, 2.05) is 31.3 Å². The van der Waals surface area contributed by atoms with Crippen molar-refractivity contribution in [2.75, 3.05) is 14.2 Å². The Balaban J connectivity index is 2.83. The van der Waals surface area contributed by atoms with Crippen molar-refractivity contribution in [3.8, 4) is 5.75 Å². The summed E-state index contributed by atoms with van der Waals surface area (Å²) >= 11 is 1.55. The molecule has 0 saturated carbocycles. The highest BCUT2D eigenvalue weighted by Gasteiger charge is 1.98. The van der Waals surface area contributed by atoms with Crippen molar-refractivity contribution in [2.45, 2.75) is 4.90 Å². The second kappa shape index (κ2) is 4.26. The van der Waals surface area contributed by atoms with Crippen LogP contribution >= 0.6 is 11.9 Å². The van der Waals surface area contributed by atoms with Gasteiger partial charge in [0.05, 0.1) is 12.0 Å². The molecule has 11 heavy (non-hydrogen) atoms. The maximum Gasteiger partial charge on any atom is 0.133 e. The predicted molar refractivity (Wildman–Crippen MR) is 47.9 cm³/mol. The standard InChI is InChI=1S/C8H11NOS/c1-9-11-8-6-4-3-5-7(8)10-2/h3-6,9H,1-2H3. The average molecular weight is 169 g/mol. The molecule has 1 rings (SSSR count). The van der Waals surface area contributed by atoms with Gasteiger partial charge in [0.2, 0.25) is 0 Å². The summed E-state index contributed by atoms with van der Waals surface area (Å²) in [5, 5.41) is 0. The van der Waals surface area contributed by atoms with Gasteiger partial charge in [-0.1, -0.05) is 12.1 Å². The Morgan fingerprint density at radius 3 is 2.73 bits per heavy atom. The van der Waals surface area contributed by atoms with E-state index >= 15 is 0 Å². The van der Waals surface area contributed by atoms with Gasteiger partial charge in [-0.3, -0.25) is 4.72 Å². The number of benzene rings is 1. The average Bonchev–Trinajstić information content (AvgIpc) is 2.06. The van der Waals surface area contributed by atoms with Crippen LogP contribution in [0, 0.1) is 0 Å². The monoisotopic (exact) mass is 169 g/mol. The van der Waals surface area contributed by atoms with Crippen molar-refractivity contribution in [1.29, 1.82) is 0 Å². The molecule has 0 aromatic heterocycles. The van der Waals surface area contributed by atoms with Gasteiger partial charge < -0.3 is 4.74 Å². The van der Waals surface area contributed by atoms with Gasteiger partial charge in [0.25, 0.3) is 0 Å². The zero-order valence-electron chi connectivity index (χ0n) is 6.63. The van der Waals surface area contributed by atoms with Crippen molar-refractivity contribution in [3.05, 3.63) is 24.3 Å². The SMILES string of the molecule is CNSc1ccccc1OC. The van der Waals surface area contributed by atoms with E-state index in [2.05, 4.69) is 4.72 Å². The lowest BCUT2D eigenvalue weighted by Crippen LogP contribution is -1.93. The van der Waals surface area contributed by atoms with Crippen LogP contribution in [0.5, 0.6) is 5.75 Å². The Morgan fingerprint density at radius 1 is 1.36 bits per heavy atom. The van der Waals surface area contributed by atoms with Crippen molar-refractivity contribution in [1.82, 2.24) is 4.72 Å². The van der Waals surface area contributed by atoms with E-state index in [1.165, 1.54) is 0 Å². The van der Waals surface area contributed by atoms with E-state index in [1.54, 1.807) is 19.1 Å². The number of hydrogen-bond donors (Lipinski definition) is 1. The number of hydrogen-bond acceptors (Lipinski definition) is 3. The summed E-state index contributed by atoms with van der Waals surface area (Å²) in [6.07, 6.45) is 0. The Labute approximate surface area is 71.1 Å². The maximum absolute atomic E-state index is 5.14. The van der Waals surface area contributed by atoms with Gasteiger partial charge in [0.1, 0.15) is 5.75 Å². The lowest BCUT2D eigenvalue weighted by molar-refractivity contribution is 0.405. The normalized spacial score (nSPS) is 9.64. The Morgan fingerprint density at radius 2 is 2.09 bits per heavy atom. The van der Waals surface area contributed by atoms with Crippen LogP contribution < -0.4 is 9.46 Å². The van der Waals surface area contributed by atoms with Gasteiger partial charge in [-0.05, 0) is 31.1 Å². The summed E-state index contributed by atoms with van der Waals surface area (Å²) in [5.41, 5.74) is 0. The first-order valence-corrected chi connectivity index (χ1v) is 4.16. The topological polar surface area (TPSA) is 21.3 Å². The molecule has 0 heterocycles. The van der Waals surface area contributed by atoms with E-state index in [4.69, 9.17) is 4.74 Å². The molecule has 3 heteroatoms. The molecule has 0 unspecified atom stereocenters. The van der Waals surface area contributed by atoms with E-state index in [-0.39, 0.29) is 0 Å². The molecule has 0 fully saturated rings. The van der Waals surface area contributed by atoms with Gasteiger partial charge in [-0.25, -0.2) is 0 Å². The van der Waals surface area contributed by atoms with Crippen LogP contribution in [0.3, 0.4) is 0 Å². The summed E-state index contributed by atoms with van der Waals surface area (Å²) in [6.45, 7) is 0. The Kier molecular flexibility index (Phi) is 3.26. The zero-order chi connectivity index (χ0) is 8.10. The fourth-order valence-corrected chi connectivity index (χ4v) is 1.43. The Bertz CT molecular complexity index is 227. The third-order valence-corrected chi connectivity index (χ3v) is 2.04. The number of para-hydroxylation sites is 1. The highest BCUT2D eigenvalue weighted by Crippen LogP contribution is 2.25. The lowest BCUT2D eigenvalue weighted by atomic mass is 10.3. The largest absolute Gasteiger partial charge is 0.496 e. The molecule has 1 aromatic rings. The lowest BCUT2D eigenvalue weighted by Gasteiger charge is -2.05. The summed E-state index contributed by atoms with van der Waals surface area (Å²) < 4.78 is 8.13. The predicted octanol–water partition coefficient (Wildman–Crippen LogP) is 1.92. The van der Waals surface area contributed by atoms with Crippen LogP contribution in [0.25, 0.3) is 0 Å². The van der Waals surface area contributed by atoms with Gasteiger partial charge in [0, 0.05) is 0 Å². The van der Waals surface area contributed by atoms with E-state index in [0.29, 0.717) is 0 Å².